The summed E-state index contributed by atoms with van der Waals surface area (Å²) in [6.45, 7) is -0.702. The number of carboxylic acid groups (broad SMARTS) is 2. The van der Waals surface area contributed by atoms with Crippen LogP contribution in [-0.4, -0.2) is 104 Å². The molecule has 2 aliphatic rings. The Labute approximate surface area is 225 Å². The number of fused-ring (bicyclic) bond motifs is 1. The van der Waals surface area contributed by atoms with E-state index < -0.39 is 41.7 Å². The number of nitrogens with one attached hydrogen (secondary N) is 1. The molecule has 0 bridgehead atoms. The van der Waals surface area contributed by atoms with Crippen molar-refractivity contribution < 1.29 is 34.2 Å². The topological polar surface area (TPSA) is 241 Å². The van der Waals surface area contributed by atoms with Gasteiger partial charge in [-0.3, -0.25) is 19.3 Å². The highest BCUT2D eigenvalue weighted by Gasteiger charge is 2.54. The standard InChI is InChI=1S/C18H16N10O7S3/c1-2-3-35-23-9(12-21-17(19)38-24-12)13(31)20-10-14(32)28-11(16(33)34)7(5-36-15(10)28)6-37-18-22-25-26-27(18)4-8(29)30/h1,10,15H,3-6H2,(H,20,31)(H,29,30)(H,33,34)(H2,19,21,24)/b23-9+/t10?,15-/m1/s1. The van der Waals surface area contributed by atoms with E-state index in [9.17, 15) is 24.3 Å². The lowest BCUT2D eigenvalue weighted by Gasteiger charge is -2.49. The van der Waals surface area contributed by atoms with Gasteiger partial charge in [-0.15, -0.1) is 23.3 Å². The monoisotopic (exact) mass is 580 g/mol. The van der Waals surface area contributed by atoms with E-state index in [1.165, 1.54) is 11.8 Å². The molecular weight excluding hydrogens is 564 g/mol. The highest BCUT2D eigenvalue weighted by atomic mass is 32.2. The second-order valence-corrected chi connectivity index (χ2v) is 10.1. The van der Waals surface area contributed by atoms with Gasteiger partial charge in [0.1, 0.15) is 23.7 Å². The molecule has 17 nitrogen and oxygen atoms in total. The fraction of sp³-hybridized carbons (Fsp3) is 0.333. The molecule has 20 heteroatoms. The number of carbonyl (C=O) groups is 4. The summed E-state index contributed by atoms with van der Waals surface area (Å²) in [5.41, 5.74) is 5.40. The molecule has 4 rings (SSSR count). The van der Waals surface area contributed by atoms with Crippen LogP contribution in [0.3, 0.4) is 0 Å². The zero-order chi connectivity index (χ0) is 27.4. The third-order valence-corrected chi connectivity index (χ3v) is 7.79. The summed E-state index contributed by atoms with van der Waals surface area (Å²) < 4.78 is 4.98. The number of carbonyl (C=O) groups excluding carboxylic acids is 2. The van der Waals surface area contributed by atoms with Crippen molar-refractivity contribution >= 4 is 69.7 Å². The van der Waals surface area contributed by atoms with Gasteiger partial charge in [-0.25, -0.2) is 9.48 Å². The zero-order valence-corrected chi connectivity index (χ0v) is 21.3. The van der Waals surface area contributed by atoms with E-state index >= 15 is 0 Å². The second kappa shape index (κ2) is 11.4. The Balaban J connectivity index is 1.48. The number of thioether (sulfide) groups is 2. The van der Waals surface area contributed by atoms with Crippen molar-refractivity contribution in [2.45, 2.75) is 23.1 Å². The molecule has 2 aliphatic heterocycles. The number of nitrogen functional groups attached to an aromatic ring is 1. The number of carboxylic acids is 2. The number of β-lactam (4-membered cyclic amide) rings is 1. The van der Waals surface area contributed by atoms with Gasteiger partial charge in [0.2, 0.25) is 16.7 Å². The van der Waals surface area contributed by atoms with Crippen molar-refractivity contribution in [2.75, 3.05) is 23.8 Å². The summed E-state index contributed by atoms with van der Waals surface area (Å²) in [4.78, 5) is 58.8. The van der Waals surface area contributed by atoms with Crippen LogP contribution in [0.5, 0.6) is 0 Å². The first-order chi connectivity index (χ1) is 18.2. The lowest BCUT2D eigenvalue weighted by molar-refractivity contribution is -0.150. The first kappa shape index (κ1) is 26.8. The molecule has 0 aromatic carbocycles. The molecule has 5 N–H and O–H groups in total. The summed E-state index contributed by atoms with van der Waals surface area (Å²) in [7, 11) is 0. The fourth-order valence-electron chi connectivity index (χ4n) is 3.33. The Bertz CT molecular complexity index is 1400. The number of aliphatic carboxylic acids is 2. The van der Waals surface area contributed by atoms with E-state index in [1.807, 2.05) is 0 Å². The molecule has 0 saturated carbocycles. The Morgan fingerprint density at radius 3 is 2.82 bits per heavy atom. The molecular formula is C18H16N10O7S3. The van der Waals surface area contributed by atoms with Gasteiger partial charge in [0.05, 0.1) is 0 Å². The van der Waals surface area contributed by atoms with Crippen LogP contribution in [0.25, 0.3) is 0 Å². The molecule has 2 atom stereocenters. The number of hydrogen-bond acceptors (Lipinski definition) is 15. The van der Waals surface area contributed by atoms with Gasteiger partial charge in [0.25, 0.3) is 11.8 Å². The van der Waals surface area contributed by atoms with E-state index in [-0.39, 0.29) is 45.6 Å². The predicted molar refractivity (Wildman–Crippen MR) is 132 cm³/mol. The van der Waals surface area contributed by atoms with Gasteiger partial charge >= 0.3 is 11.9 Å². The van der Waals surface area contributed by atoms with Crippen molar-refractivity contribution in [3.8, 4) is 12.3 Å². The minimum Gasteiger partial charge on any atom is -0.480 e. The van der Waals surface area contributed by atoms with Gasteiger partial charge < -0.3 is 26.1 Å². The first-order valence-electron chi connectivity index (χ1n) is 10.3. The van der Waals surface area contributed by atoms with Crippen LogP contribution in [-0.2, 0) is 30.6 Å². The lowest BCUT2D eigenvalue weighted by Crippen LogP contribution is -2.71. The molecule has 0 spiro atoms. The van der Waals surface area contributed by atoms with Crippen LogP contribution in [0, 0.1) is 12.3 Å². The maximum absolute atomic E-state index is 13.0. The van der Waals surface area contributed by atoms with E-state index in [0.717, 1.165) is 32.9 Å². The summed E-state index contributed by atoms with van der Waals surface area (Å²) in [6, 6.07) is -1.06. The van der Waals surface area contributed by atoms with Crippen LogP contribution in [0.4, 0.5) is 5.13 Å². The molecule has 4 heterocycles. The number of nitrogens with two attached hydrogens (primary N) is 1. The van der Waals surface area contributed by atoms with Crippen LogP contribution >= 0.6 is 35.1 Å². The lowest BCUT2D eigenvalue weighted by atomic mass is 10.0. The number of rotatable bonds is 11. The highest BCUT2D eigenvalue weighted by Crippen LogP contribution is 2.41. The van der Waals surface area contributed by atoms with Gasteiger partial charge in [-0.05, 0) is 16.0 Å². The number of hydrogen-bond donors (Lipinski definition) is 4. The number of terminal acetylenes is 1. The molecule has 38 heavy (non-hydrogen) atoms. The Morgan fingerprint density at radius 1 is 1.37 bits per heavy atom. The predicted octanol–water partition coefficient (Wildman–Crippen LogP) is -1.92. The van der Waals surface area contributed by atoms with E-state index in [4.69, 9.17) is 22.1 Å². The molecule has 2 aromatic heterocycles. The van der Waals surface area contributed by atoms with E-state index in [2.05, 4.69) is 41.3 Å². The third kappa shape index (κ3) is 5.53. The van der Waals surface area contributed by atoms with Crippen LogP contribution in [0.1, 0.15) is 5.82 Å². The van der Waals surface area contributed by atoms with Crippen molar-refractivity contribution in [3.05, 3.63) is 17.1 Å². The fourth-order valence-corrected chi connectivity index (χ4v) is 6.13. The number of nitrogens with zero attached hydrogens (tertiary/aromatic N) is 8. The average molecular weight is 581 g/mol. The Morgan fingerprint density at radius 2 is 2.16 bits per heavy atom. The first-order valence-corrected chi connectivity index (χ1v) is 13.1. The minimum absolute atomic E-state index is 0.0739. The largest absolute Gasteiger partial charge is 0.480 e. The Kier molecular flexibility index (Phi) is 8.08. The molecule has 1 unspecified atom stereocenters. The van der Waals surface area contributed by atoms with Crippen molar-refractivity contribution in [2.24, 2.45) is 5.16 Å². The molecule has 0 radical (unpaired) electrons. The zero-order valence-electron chi connectivity index (χ0n) is 18.9. The summed E-state index contributed by atoms with van der Waals surface area (Å²) in [5.74, 6) is -1.61. The smallest absolute Gasteiger partial charge is 0.352 e. The van der Waals surface area contributed by atoms with Crippen LogP contribution in [0.2, 0.25) is 0 Å². The van der Waals surface area contributed by atoms with Gasteiger partial charge in [-0.1, -0.05) is 22.8 Å². The summed E-state index contributed by atoms with van der Waals surface area (Å²) >= 11 is 3.09. The van der Waals surface area contributed by atoms with Gasteiger partial charge in [0, 0.05) is 23.0 Å². The normalized spacial score (nSPS) is 18.9. The molecule has 2 aromatic rings. The van der Waals surface area contributed by atoms with Crippen molar-refractivity contribution in [3.63, 3.8) is 0 Å². The van der Waals surface area contributed by atoms with Crippen LogP contribution < -0.4 is 11.1 Å². The average Bonchev–Trinajstić information content (AvgIpc) is 3.50. The number of amides is 2. The maximum atomic E-state index is 13.0. The highest BCUT2D eigenvalue weighted by molar-refractivity contribution is 8.01. The molecule has 0 aliphatic carbocycles. The molecule has 1 saturated heterocycles. The van der Waals surface area contributed by atoms with Gasteiger partial charge in [0.15, 0.2) is 11.7 Å². The number of aromatic nitrogens is 6. The van der Waals surface area contributed by atoms with Gasteiger partial charge in [-0.2, -0.15) is 9.36 Å². The number of anilines is 1. The summed E-state index contributed by atoms with van der Waals surface area (Å²) in [6.07, 6.45) is 5.13. The number of oxime groups is 1. The third-order valence-electron chi connectivity index (χ3n) is 4.87. The van der Waals surface area contributed by atoms with E-state index in [1.54, 1.807) is 0 Å². The second-order valence-electron chi connectivity index (χ2n) is 7.29. The molecule has 2 amide bonds. The van der Waals surface area contributed by atoms with Crippen LogP contribution in [0.15, 0.2) is 21.6 Å². The molecule has 1 fully saturated rings. The van der Waals surface area contributed by atoms with E-state index in [0.29, 0.717) is 5.57 Å². The number of tetrazole rings is 1. The Hall–Kier alpha value is -4.22. The maximum Gasteiger partial charge on any atom is 0.352 e. The summed E-state index contributed by atoms with van der Waals surface area (Å²) in [5, 5.41) is 35.3. The minimum atomic E-state index is -1.33. The SMILES string of the molecule is C#CCO/N=C(/C(=O)NC1C(=O)N2C(C(=O)O)=C(CSc3nnnn3CC(=O)O)CS[C@H]12)c1nsc(N)n1. The molecule has 198 valence electrons. The van der Waals surface area contributed by atoms with Crippen molar-refractivity contribution in [1.29, 1.82) is 0 Å². The quantitative estimate of drug-likeness (QED) is 0.0565. The van der Waals surface area contributed by atoms with Crippen molar-refractivity contribution in [1.82, 2.24) is 39.8 Å².